The molecule has 1 aromatic rings. The van der Waals surface area contributed by atoms with Crippen LogP contribution >= 0.6 is 23.6 Å². The maximum absolute atomic E-state index is 12.3. The van der Waals surface area contributed by atoms with Gasteiger partial charge in [-0.25, -0.2) is 4.98 Å². The molecule has 1 amide bonds. The average Bonchev–Trinajstić information content (AvgIpc) is 2.95. The van der Waals surface area contributed by atoms with E-state index in [1.54, 1.807) is 11.3 Å². The molecular weight excluding hydrogens is 266 g/mol. The Morgan fingerprint density at radius 2 is 2.28 bits per heavy atom. The molecule has 6 heteroatoms. The zero-order chi connectivity index (χ0) is 13.2. The van der Waals surface area contributed by atoms with Gasteiger partial charge in [-0.3, -0.25) is 4.79 Å². The van der Waals surface area contributed by atoms with Gasteiger partial charge in [-0.05, 0) is 19.8 Å². The summed E-state index contributed by atoms with van der Waals surface area (Å²) in [6.45, 7) is 2.40. The van der Waals surface area contributed by atoms with E-state index in [2.05, 4.69) is 10.3 Å². The van der Waals surface area contributed by atoms with E-state index < -0.39 is 5.41 Å². The van der Waals surface area contributed by atoms with Gasteiger partial charge in [0.25, 0.3) is 0 Å². The molecule has 3 N–H and O–H groups in total. The van der Waals surface area contributed by atoms with Crippen molar-refractivity contribution in [1.29, 1.82) is 0 Å². The summed E-state index contributed by atoms with van der Waals surface area (Å²) in [4.78, 5) is 16.9. The fourth-order valence-electron chi connectivity index (χ4n) is 2.39. The predicted octanol–water partition coefficient (Wildman–Crippen LogP) is 1.91. The van der Waals surface area contributed by atoms with Crippen LogP contribution in [0.1, 0.15) is 36.4 Å². The summed E-state index contributed by atoms with van der Waals surface area (Å²) in [5.74, 6) is -0.0434. The van der Waals surface area contributed by atoms with Crippen LogP contribution in [0.2, 0.25) is 0 Å². The maximum atomic E-state index is 12.3. The van der Waals surface area contributed by atoms with Gasteiger partial charge in [0, 0.05) is 5.38 Å². The first kappa shape index (κ1) is 13.4. The van der Waals surface area contributed by atoms with Crippen LogP contribution in [-0.2, 0) is 11.3 Å². The molecule has 2 rings (SSSR count). The lowest BCUT2D eigenvalue weighted by molar-refractivity contribution is -0.127. The summed E-state index contributed by atoms with van der Waals surface area (Å²) in [6, 6.07) is 0. The molecule has 18 heavy (non-hydrogen) atoms. The Morgan fingerprint density at radius 1 is 1.61 bits per heavy atom. The highest BCUT2D eigenvalue weighted by molar-refractivity contribution is 7.80. The predicted molar refractivity (Wildman–Crippen MR) is 76.4 cm³/mol. The number of hydrogen-bond donors (Lipinski definition) is 2. The number of aromatic nitrogens is 1. The van der Waals surface area contributed by atoms with Crippen molar-refractivity contribution >= 4 is 34.5 Å². The highest BCUT2D eigenvalue weighted by Crippen LogP contribution is 2.38. The van der Waals surface area contributed by atoms with Crippen LogP contribution in [0.25, 0.3) is 0 Å². The minimum atomic E-state index is -0.625. The SMILES string of the molecule is Cc1nc(CNC(=O)C2(C(N)=S)CCCC2)cs1. The van der Waals surface area contributed by atoms with E-state index in [1.165, 1.54) is 0 Å². The van der Waals surface area contributed by atoms with Gasteiger partial charge >= 0.3 is 0 Å². The summed E-state index contributed by atoms with van der Waals surface area (Å²) >= 11 is 6.66. The van der Waals surface area contributed by atoms with Crippen molar-refractivity contribution < 1.29 is 4.79 Å². The van der Waals surface area contributed by atoms with Gasteiger partial charge in [0.15, 0.2) is 0 Å². The molecule has 1 heterocycles. The number of amides is 1. The normalized spacial score (nSPS) is 17.6. The second-order valence-electron chi connectivity index (χ2n) is 4.69. The Morgan fingerprint density at radius 3 is 2.78 bits per heavy atom. The number of thiocarbonyl (C=S) groups is 1. The van der Waals surface area contributed by atoms with E-state index in [0.717, 1.165) is 36.4 Å². The molecule has 0 radical (unpaired) electrons. The van der Waals surface area contributed by atoms with Crippen molar-refractivity contribution in [2.75, 3.05) is 0 Å². The quantitative estimate of drug-likeness (QED) is 0.828. The molecule has 0 saturated heterocycles. The number of nitrogens with zero attached hydrogens (tertiary/aromatic N) is 1. The van der Waals surface area contributed by atoms with Gasteiger partial charge in [0.2, 0.25) is 5.91 Å². The monoisotopic (exact) mass is 283 g/mol. The highest BCUT2D eigenvalue weighted by atomic mass is 32.1. The molecule has 1 aromatic heterocycles. The van der Waals surface area contributed by atoms with E-state index in [0.29, 0.717) is 11.5 Å². The van der Waals surface area contributed by atoms with Gasteiger partial charge in [-0.2, -0.15) is 0 Å². The molecule has 1 fully saturated rings. The molecule has 0 bridgehead atoms. The summed E-state index contributed by atoms with van der Waals surface area (Å²) in [7, 11) is 0. The van der Waals surface area contributed by atoms with Crippen molar-refractivity contribution in [2.24, 2.45) is 11.1 Å². The first-order chi connectivity index (χ1) is 8.54. The third-order valence-electron chi connectivity index (χ3n) is 3.46. The number of hydrogen-bond acceptors (Lipinski definition) is 4. The Bertz CT molecular complexity index is 464. The molecule has 1 saturated carbocycles. The zero-order valence-corrected chi connectivity index (χ0v) is 12.0. The standard InChI is InChI=1S/C12H17N3OS2/c1-8-15-9(7-18-8)6-14-11(16)12(10(13)17)4-2-3-5-12/h7H,2-6H2,1H3,(H2,13,17)(H,14,16). The van der Waals surface area contributed by atoms with Crippen molar-refractivity contribution in [1.82, 2.24) is 10.3 Å². The molecule has 0 aliphatic heterocycles. The van der Waals surface area contributed by atoms with Crippen LogP contribution in [0, 0.1) is 12.3 Å². The van der Waals surface area contributed by atoms with Gasteiger partial charge in [-0.1, -0.05) is 25.1 Å². The van der Waals surface area contributed by atoms with E-state index in [1.807, 2.05) is 12.3 Å². The second kappa shape index (κ2) is 5.32. The number of rotatable bonds is 4. The lowest BCUT2D eigenvalue weighted by atomic mass is 9.85. The zero-order valence-electron chi connectivity index (χ0n) is 10.4. The van der Waals surface area contributed by atoms with Crippen LogP contribution in [0.4, 0.5) is 0 Å². The number of carbonyl (C=O) groups is 1. The molecule has 0 spiro atoms. The van der Waals surface area contributed by atoms with E-state index >= 15 is 0 Å². The largest absolute Gasteiger partial charge is 0.392 e. The number of aryl methyl sites for hydroxylation is 1. The van der Waals surface area contributed by atoms with Gasteiger partial charge in [-0.15, -0.1) is 11.3 Å². The third-order valence-corrected chi connectivity index (χ3v) is 4.67. The molecule has 1 aliphatic rings. The van der Waals surface area contributed by atoms with Crippen LogP contribution in [-0.4, -0.2) is 15.9 Å². The van der Waals surface area contributed by atoms with Crippen molar-refractivity contribution in [3.8, 4) is 0 Å². The lowest BCUT2D eigenvalue weighted by Crippen LogP contribution is -2.47. The van der Waals surface area contributed by atoms with Gasteiger partial charge < -0.3 is 11.1 Å². The number of carbonyl (C=O) groups excluding carboxylic acids is 1. The smallest absolute Gasteiger partial charge is 0.233 e. The van der Waals surface area contributed by atoms with Crippen LogP contribution in [0.3, 0.4) is 0 Å². The molecule has 0 aromatic carbocycles. The van der Waals surface area contributed by atoms with Crippen LogP contribution in [0.15, 0.2) is 5.38 Å². The van der Waals surface area contributed by atoms with Crippen molar-refractivity contribution in [3.05, 3.63) is 16.1 Å². The third kappa shape index (κ3) is 2.54. The second-order valence-corrected chi connectivity index (χ2v) is 6.20. The Labute approximate surface area is 116 Å². The summed E-state index contributed by atoms with van der Waals surface area (Å²) < 4.78 is 0. The van der Waals surface area contributed by atoms with Crippen molar-refractivity contribution in [2.45, 2.75) is 39.2 Å². The van der Waals surface area contributed by atoms with E-state index in [4.69, 9.17) is 18.0 Å². The lowest BCUT2D eigenvalue weighted by Gasteiger charge is -2.25. The minimum Gasteiger partial charge on any atom is -0.392 e. The van der Waals surface area contributed by atoms with Crippen LogP contribution in [0.5, 0.6) is 0 Å². The fraction of sp³-hybridized carbons (Fsp3) is 0.583. The Hall–Kier alpha value is -1.01. The highest BCUT2D eigenvalue weighted by Gasteiger charge is 2.43. The van der Waals surface area contributed by atoms with E-state index in [9.17, 15) is 4.79 Å². The number of thiazole rings is 1. The topological polar surface area (TPSA) is 68.0 Å². The Balaban J connectivity index is 2.00. The summed E-state index contributed by atoms with van der Waals surface area (Å²) in [5, 5.41) is 5.87. The van der Waals surface area contributed by atoms with Crippen LogP contribution < -0.4 is 11.1 Å². The van der Waals surface area contributed by atoms with E-state index in [-0.39, 0.29) is 5.91 Å². The number of nitrogens with two attached hydrogens (primary N) is 1. The minimum absolute atomic E-state index is 0.0434. The molecule has 0 unspecified atom stereocenters. The average molecular weight is 283 g/mol. The molecule has 1 aliphatic carbocycles. The molecule has 4 nitrogen and oxygen atoms in total. The Kier molecular flexibility index (Phi) is 3.97. The summed E-state index contributed by atoms with van der Waals surface area (Å²) in [6.07, 6.45) is 3.57. The van der Waals surface area contributed by atoms with Gasteiger partial charge in [0.05, 0.1) is 27.6 Å². The van der Waals surface area contributed by atoms with Gasteiger partial charge in [0.1, 0.15) is 0 Å². The number of nitrogens with one attached hydrogen (secondary N) is 1. The molecular formula is C12H17N3OS2. The first-order valence-corrected chi connectivity index (χ1v) is 7.32. The first-order valence-electron chi connectivity index (χ1n) is 6.04. The molecule has 0 atom stereocenters. The fourth-order valence-corrected chi connectivity index (χ4v) is 3.30. The molecule has 98 valence electrons. The maximum Gasteiger partial charge on any atom is 0.233 e. The summed E-state index contributed by atoms with van der Waals surface area (Å²) in [5.41, 5.74) is 6.03. The van der Waals surface area contributed by atoms with Crippen molar-refractivity contribution in [3.63, 3.8) is 0 Å².